The molecule has 0 spiro atoms. The highest BCUT2D eigenvalue weighted by molar-refractivity contribution is 8.03. The number of methoxy groups -OCH3 is 1. The van der Waals surface area contributed by atoms with E-state index >= 15 is 0 Å². The number of likely N-dealkylation sites (N-methyl/N-ethyl adjacent to an activating group) is 1. The first-order valence-electron chi connectivity index (χ1n) is 51.3. The van der Waals surface area contributed by atoms with E-state index in [0.717, 1.165) is 86.1 Å². The molecule has 3 aliphatic carbocycles. The van der Waals surface area contributed by atoms with Crippen molar-refractivity contribution in [3.8, 4) is 28.7 Å². The number of carbonyl (C=O) groups excluding carboxylic acids is 7. The van der Waals surface area contributed by atoms with Gasteiger partial charge in [0.2, 0.25) is 23.6 Å². The Labute approximate surface area is 880 Å². The van der Waals surface area contributed by atoms with E-state index in [9.17, 15) is 59.2 Å². The van der Waals surface area contributed by atoms with Crippen LogP contribution in [0.4, 0.5) is 15.3 Å². The van der Waals surface area contributed by atoms with Crippen LogP contribution in [0.15, 0.2) is 230 Å². The van der Waals surface area contributed by atoms with Crippen molar-refractivity contribution in [1.82, 2.24) is 70.5 Å². The number of nitriles is 1. The summed E-state index contributed by atoms with van der Waals surface area (Å²) < 4.78 is 38.6. The van der Waals surface area contributed by atoms with E-state index in [1.54, 1.807) is 51.1 Å². The standard InChI is InChI=1S/C114H137ClN16O17S/c1-11-112(6,100(42-45-116)149-53-44-102(134)126(8)75(4)109(139)147-99-62-104(136)127(9)95-58-78(59-96(132)105(95)115)54-73(2)26-25-33-98(143-10)114(142)63-97(146-111(141)123-114)74(3)108-113(99,7)148-108)76(5)122-110(140)145-72-92-90-38-40-93-94(41-39-91(90)92)131(125-124-93)67-84-60-83(106(137)107(84)138)61-101(133)121-50-43-103(135)130(66-77-34-36-82(37-35-77)81-27-13-12-14-28-81)51-23-24-52-144-89-56-79(64-128(68-85-29-15-19-46-117-85)69-86-30-16-20-47-118-86)55-80(57-89)65-129(70-87-31-17-21-48-119-87)71-88-32-18-22-49-120-88/h11-22,25-37,42,46-49,55-59,74-76,83-84,90-92,97-99,106-108,132,137-138,142H,1,23-24,38-41,43-44,50-54,60-72H2,2-10H3,(H,121,133)(H,122,140)(H,123,141)/b33-25+,73-26+,100-42-/t74?,75-,76-,83+,84+,90?,91?,92?,97-,98+,99-,106-,107+,108-,112?,113-,114-/m0/s1. The van der Waals surface area contributed by atoms with Gasteiger partial charge in [0.15, 0.2) is 5.72 Å². The number of aryl methyl sites for hydroxylation is 1. The number of pyridine rings is 4. The number of nitrogens with zero attached hydrogens (tertiary/aromatic N) is 13. The monoisotopic (exact) mass is 2070 g/mol. The summed E-state index contributed by atoms with van der Waals surface area (Å²) in [5, 5.41) is 74.0. The highest BCUT2D eigenvalue weighted by atomic mass is 35.5. The molecule has 149 heavy (non-hydrogen) atoms. The number of aliphatic hydroxyl groups is 3. The number of hydrogen-bond acceptors (Lipinski definition) is 27. The van der Waals surface area contributed by atoms with Gasteiger partial charge in [-0.3, -0.25) is 54.2 Å². The molecule has 0 radical (unpaired) electrons. The molecule has 4 bridgehead atoms. The van der Waals surface area contributed by atoms with Crippen molar-refractivity contribution >= 4 is 70.8 Å². The third-order valence-electron chi connectivity index (χ3n) is 30.1. The highest BCUT2D eigenvalue weighted by Crippen LogP contribution is 2.54. The average Bonchev–Trinajstić information content (AvgIpc) is 1.57. The minimum absolute atomic E-state index is 0.0333. The number of rotatable bonds is 42. The Kier molecular flexibility index (Phi) is 37.6. The quantitative estimate of drug-likeness (QED) is 0.00466. The van der Waals surface area contributed by atoms with E-state index in [1.165, 1.54) is 61.8 Å². The second kappa shape index (κ2) is 51.0. The number of phenols is 1. The zero-order chi connectivity index (χ0) is 106. The highest BCUT2D eigenvalue weighted by Gasteiger charge is 2.65. The van der Waals surface area contributed by atoms with Crippen LogP contribution in [0.3, 0.4) is 0 Å². The first-order valence-corrected chi connectivity index (χ1v) is 52.7. The van der Waals surface area contributed by atoms with Gasteiger partial charge in [0, 0.05) is 177 Å². The van der Waals surface area contributed by atoms with E-state index in [-0.39, 0.29) is 97.2 Å². The fourth-order valence-corrected chi connectivity index (χ4v) is 22.5. The van der Waals surface area contributed by atoms with Crippen LogP contribution in [0.25, 0.3) is 11.1 Å². The van der Waals surface area contributed by atoms with Crippen LogP contribution >= 0.6 is 23.4 Å². The van der Waals surface area contributed by atoms with Crippen molar-refractivity contribution in [1.29, 1.82) is 5.26 Å². The van der Waals surface area contributed by atoms with Gasteiger partial charge in [-0.25, -0.2) is 19.1 Å². The molecule has 7 N–H and O–H groups in total. The third kappa shape index (κ3) is 28.8. The predicted octanol–water partition coefficient (Wildman–Crippen LogP) is 14.9. The van der Waals surface area contributed by atoms with E-state index < -0.39 is 120 Å². The molecule has 4 aromatic carbocycles. The van der Waals surface area contributed by atoms with Gasteiger partial charge < -0.3 is 74.2 Å². The number of alkyl carbamates (subject to hydrolysis) is 2. The molecule has 2 saturated heterocycles. The van der Waals surface area contributed by atoms with E-state index in [0.29, 0.717) is 108 Å². The molecule has 9 aromatic rings. The SMILES string of the molecule is C=CC(C)(/C(=C/C#N)SCCC(=O)N(C)[C@@H](C)C(=O)O[C@H]1CC(=O)N(C)c2cc(cc(O)c2Cl)C/C(C)=C/C=C/[C@@H](OC)[C@@]2(O)C[C@H](OC(=O)N2)C(C)[C@@H]2O[C@@]12C)[C@H](C)NC(=O)OCC1C2CCc3nnn(C[C@H]4C[C@H](CC(=O)NCCC(=O)N(CCCCOc5cc(CN(Cc6ccccn6)Cc6ccccn6)cc(CN(Cc6ccccn6)Cc6ccccn6)c5)Cc5ccc(-c6ccccc6)cc5)[C@H](O)[C@@H]4O)c3CCC21. The average molecular weight is 2070 g/mol. The van der Waals surface area contributed by atoms with Crippen LogP contribution in [0.1, 0.15) is 162 Å². The fourth-order valence-electron chi connectivity index (χ4n) is 21.0. The summed E-state index contributed by atoms with van der Waals surface area (Å²) in [7, 11) is 4.32. The number of aromatic nitrogens is 7. The number of thioether (sulfide) groups is 1. The lowest BCUT2D eigenvalue weighted by molar-refractivity contribution is -0.162. The molecule has 4 fully saturated rings. The van der Waals surface area contributed by atoms with Gasteiger partial charge >= 0.3 is 18.2 Å². The van der Waals surface area contributed by atoms with E-state index in [1.807, 2.05) is 151 Å². The summed E-state index contributed by atoms with van der Waals surface area (Å²) in [5.74, 6) is -2.84. The first kappa shape index (κ1) is 110. The Morgan fingerprint density at radius 1 is 0.785 bits per heavy atom. The maximum atomic E-state index is 14.6. The smallest absolute Gasteiger partial charge is 0.409 e. The number of benzene rings is 4. The number of hydrogen-bond donors (Lipinski definition) is 7. The summed E-state index contributed by atoms with van der Waals surface area (Å²) >= 11 is 7.90. The van der Waals surface area contributed by atoms with Gasteiger partial charge in [0.1, 0.15) is 46.5 Å². The second-order valence-electron chi connectivity index (χ2n) is 40.7. The number of epoxide rings is 1. The minimum Gasteiger partial charge on any atom is -0.506 e. The van der Waals surface area contributed by atoms with Gasteiger partial charge in [-0.2, -0.15) is 5.26 Å². The zero-order valence-electron chi connectivity index (χ0n) is 86.1. The second-order valence-corrected chi connectivity index (χ2v) is 42.2. The van der Waals surface area contributed by atoms with Crippen molar-refractivity contribution in [3.63, 3.8) is 0 Å². The van der Waals surface area contributed by atoms with Gasteiger partial charge in [0.05, 0.1) is 83.9 Å². The van der Waals surface area contributed by atoms with Gasteiger partial charge in [-0.15, -0.1) is 23.4 Å². The van der Waals surface area contributed by atoms with Crippen molar-refractivity contribution in [2.75, 3.05) is 58.2 Å². The number of esters is 1. The number of fused-ring (bicyclic) bond motifs is 7. The lowest BCUT2D eigenvalue weighted by Crippen LogP contribution is -2.63. The Bertz CT molecular complexity index is 6060. The number of allylic oxidation sites excluding steroid dienone is 4. The Morgan fingerprint density at radius 3 is 2.01 bits per heavy atom. The summed E-state index contributed by atoms with van der Waals surface area (Å²) in [6.07, 6.45) is 11.3. The summed E-state index contributed by atoms with van der Waals surface area (Å²) in [6, 6.07) is 52.1. The van der Waals surface area contributed by atoms with Crippen LogP contribution in [0, 0.1) is 52.3 Å². The number of aliphatic hydroxyl groups excluding tert-OH is 2. The van der Waals surface area contributed by atoms with E-state index in [2.05, 4.69) is 91.2 Å². The molecular formula is C114H137ClN16O17S. The Morgan fingerprint density at radius 2 is 1.40 bits per heavy atom. The number of amides is 6. The van der Waals surface area contributed by atoms with Crippen molar-refractivity contribution < 1.29 is 82.4 Å². The summed E-state index contributed by atoms with van der Waals surface area (Å²) in [5.41, 5.74) is 8.03. The van der Waals surface area contributed by atoms with Gasteiger partial charge in [-0.1, -0.05) is 139 Å². The maximum absolute atomic E-state index is 14.6. The van der Waals surface area contributed by atoms with Crippen molar-refractivity contribution in [2.24, 2.45) is 40.9 Å². The summed E-state index contributed by atoms with van der Waals surface area (Å²) in [6.45, 7) is 19.6. The van der Waals surface area contributed by atoms with Crippen molar-refractivity contribution in [3.05, 3.63) is 291 Å². The third-order valence-corrected chi connectivity index (χ3v) is 31.8. The predicted molar refractivity (Wildman–Crippen MR) is 563 cm³/mol. The molecule has 2 saturated carbocycles. The molecule has 17 atom stereocenters. The zero-order valence-corrected chi connectivity index (χ0v) is 87.7. The number of nitrogens with one attached hydrogen (secondary N) is 3. The molecule has 15 rings (SSSR count). The van der Waals surface area contributed by atoms with Crippen LogP contribution in [-0.4, -0.2) is 230 Å². The van der Waals surface area contributed by atoms with E-state index in [4.69, 9.17) is 60.0 Å². The fraction of sp³-hybridized carbons (Fsp3) is 0.456. The molecule has 5 aromatic heterocycles. The summed E-state index contributed by atoms with van der Waals surface area (Å²) in [4.78, 5) is 127. The molecule has 5 unspecified atom stereocenters. The number of ether oxygens (including phenoxy) is 6. The Balaban J connectivity index is 0.512. The topological polar surface area (TPSA) is 417 Å². The van der Waals surface area contributed by atoms with Crippen molar-refractivity contribution in [2.45, 2.75) is 237 Å². The van der Waals surface area contributed by atoms with Crippen LogP contribution < -0.4 is 25.6 Å². The molecule has 33 nitrogen and oxygen atoms in total. The molecule has 788 valence electrons. The minimum atomic E-state index is -1.93. The number of phenolic OH excluding ortho intramolecular Hbond substituents is 1. The molecule has 8 heterocycles. The molecular weight excluding hydrogens is 1930 g/mol. The largest absolute Gasteiger partial charge is 0.506 e. The molecule has 6 aliphatic rings. The number of aromatic hydroxyl groups is 1. The molecule has 35 heteroatoms. The normalized spacial score (nSPS) is 24.1. The van der Waals surface area contributed by atoms with Gasteiger partial charge in [0.25, 0.3) is 0 Å². The maximum Gasteiger partial charge on any atom is 0.409 e. The number of carbonyl (C=O) groups is 7. The molecule has 3 aliphatic heterocycles. The number of unbranched alkanes of at least 4 members (excludes halogenated alkanes) is 1. The Hall–Kier alpha value is -13.1. The number of halogens is 1. The van der Waals surface area contributed by atoms with Crippen LogP contribution in [-0.2, 0) is 119 Å². The lowest BCUT2D eigenvalue weighted by atomic mass is 9.82. The molecule has 6 amide bonds. The van der Waals surface area contributed by atoms with Crippen LogP contribution in [0.2, 0.25) is 5.02 Å². The van der Waals surface area contributed by atoms with Gasteiger partial charge in [-0.05, 0) is 216 Å². The first-order chi connectivity index (χ1) is 71.7. The van der Waals surface area contributed by atoms with Crippen LogP contribution in [0.5, 0.6) is 11.5 Å². The lowest BCUT2D eigenvalue weighted by Gasteiger charge is -2.42. The number of anilines is 1.